The summed E-state index contributed by atoms with van der Waals surface area (Å²) in [5.41, 5.74) is 4.01. The Kier molecular flexibility index (Phi) is 1.75. The van der Waals surface area contributed by atoms with Crippen LogP contribution in [-0.4, -0.2) is 5.78 Å². The number of allylic oxidation sites excluding steroid dienone is 2. The minimum Gasteiger partial charge on any atom is -0.294 e. The van der Waals surface area contributed by atoms with Gasteiger partial charge in [0.25, 0.3) is 0 Å². The van der Waals surface area contributed by atoms with Crippen LogP contribution >= 0.6 is 0 Å². The minimum atomic E-state index is 0.0998. The molecule has 1 aromatic carbocycles. The fourth-order valence-corrected chi connectivity index (χ4v) is 3.02. The maximum atomic E-state index is 12.0. The standard InChI is InChI=1S/C15H16O/c1-15(2,3)11-8-12(16)14-10-7-5-4-6-9(10)13(11)14/h4-8,13-14H,1-3H3. The SMILES string of the molecule is CC(C)(C)C1=CC(=O)C2c3ccccc3C12. The average molecular weight is 212 g/mol. The smallest absolute Gasteiger partial charge is 0.164 e. The van der Waals surface area contributed by atoms with E-state index in [0.29, 0.717) is 11.7 Å². The van der Waals surface area contributed by atoms with Crippen molar-refractivity contribution in [3.8, 4) is 0 Å². The topological polar surface area (TPSA) is 17.1 Å². The lowest BCUT2D eigenvalue weighted by molar-refractivity contribution is -0.116. The zero-order chi connectivity index (χ0) is 11.5. The summed E-state index contributed by atoms with van der Waals surface area (Å²) in [5, 5.41) is 0. The molecule has 0 bridgehead atoms. The van der Waals surface area contributed by atoms with Gasteiger partial charge in [-0.1, -0.05) is 50.6 Å². The largest absolute Gasteiger partial charge is 0.294 e. The van der Waals surface area contributed by atoms with Gasteiger partial charge < -0.3 is 0 Å². The molecule has 82 valence electrons. The van der Waals surface area contributed by atoms with Crippen molar-refractivity contribution in [2.24, 2.45) is 5.41 Å². The van der Waals surface area contributed by atoms with Gasteiger partial charge in [0, 0.05) is 5.92 Å². The van der Waals surface area contributed by atoms with Gasteiger partial charge in [0.1, 0.15) is 0 Å². The Balaban J connectivity index is 2.11. The Hall–Kier alpha value is -1.37. The Morgan fingerprint density at radius 2 is 1.56 bits per heavy atom. The molecule has 0 saturated carbocycles. The molecule has 0 N–H and O–H groups in total. The molecule has 1 nitrogen and oxygen atoms in total. The third-order valence-electron chi connectivity index (χ3n) is 3.80. The number of hydrogen-bond acceptors (Lipinski definition) is 1. The third kappa shape index (κ3) is 1.09. The quantitative estimate of drug-likeness (QED) is 0.644. The molecule has 2 atom stereocenters. The van der Waals surface area contributed by atoms with E-state index < -0.39 is 0 Å². The van der Waals surface area contributed by atoms with E-state index in [1.165, 1.54) is 16.7 Å². The Labute approximate surface area is 96.2 Å². The number of fused-ring (bicyclic) bond motifs is 4. The Bertz CT molecular complexity index is 502. The van der Waals surface area contributed by atoms with Crippen LogP contribution < -0.4 is 0 Å². The third-order valence-corrected chi connectivity index (χ3v) is 3.80. The van der Waals surface area contributed by atoms with Gasteiger partial charge in [0.15, 0.2) is 5.78 Å². The monoisotopic (exact) mass is 212 g/mol. The van der Waals surface area contributed by atoms with E-state index in [1.54, 1.807) is 0 Å². The van der Waals surface area contributed by atoms with E-state index in [1.807, 2.05) is 12.1 Å². The van der Waals surface area contributed by atoms with Crippen molar-refractivity contribution in [2.75, 3.05) is 0 Å². The molecule has 1 heteroatoms. The maximum absolute atomic E-state index is 12.0. The highest BCUT2D eigenvalue weighted by Gasteiger charge is 2.49. The number of ketones is 1. The first-order chi connectivity index (χ1) is 7.50. The van der Waals surface area contributed by atoms with E-state index in [-0.39, 0.29) is 11.3 Å². The van der Waals surface area contributed by atoms with Crippen molar-refractivity contribution in [3.05, 3.63) is 47.0 Å². The van der Waals surface area contributed by atoms with Gasteiger partial charge in [-0.15, -0.1) is 0 Å². The molecule has 2 aliphatic carbocycles. The highest BCUT2D eigenvalue weighted by molar-refractivity contribution is 6.03. The molecule has 2 aliphatic rings. The molecule has 0 aliphatic heterocycles. The van der Waals surface area contributed by atoms with Crippen LogP contribution in [-0.2, 0) is 4.79 Å². The van der Waals surface area contributed by atoms with Crippen LogP contribution in [0.3, 0.4) is 0 Å². The van der Waals surface area contributed by atoms with E-state index >= 15 is 0 Å². The van der Waals surface area contributed by atoms with Crippen LogP contribution in [0.25, 0.3) is 0 Å². The fraction of sp³-hybridized carbons (Fsp3) is 0.400. The highest BCUT2D eigenvalue weighted by Crippen LogP contribution is 2.58. The average Bonchev–Trinajstić information content (AvgIpc) is 2.46. The summed E-state index contributed by atoms with van der Waals surface area (Å²) in [6.45, 7) is 6.57. The predicted molar refractivity (Wildman–Crippen MR) is 64.5 cm³/mol. The molecule has 1 aromatic rings. The van der Waals surface area contributed by atoms with Crippen molar-refractivity contribution in [1.82, 2.24) is 0 Å². The molecule has 0 fully saturated rings. The van der Waals surface area contributed by atoms with Crippen molar-refractivity contribution in [2.45, 2.75) is 32.6 Å². The number of rotatable bonds is 0. The second kappa shape index (κ2) is 2.85. The normalized spacial score (nSPS) is 26.9. The van der Waals surface area contributed by atoms with Gasteiger partial charge in [-0.3, -0.25) is 4.79 Å². The zero-order valence-corrected chi connectivity index (χ0v) is 9.95. The van der Waals surface area contributed by atoms with Crippen molar-refractivity contribution < 1.29 is 4.79 Å². The summed E-state index contributed by atoms with van der Waals surface area (Å²) in [7, 11) is 0. The summed E-state index contributed by atoms with van der Waals surface area (Å²) >= 11 is 0. The van der Waals surface area contributed by atoms with Crippen LogP contribution in [0.5, 0.6) is 0 Å². The Morgan fingerprint density at radius 3 is 2.12 bits per heavy atom. The fourth-order valence-electron chi connectivity index (χ4n) is 3.02. The Morgan fingerprint density at radius 1 is 1.00 bits per heavy atom. The summed E-state index contributed by atoms with van der Waals surface area (Å²) in [6, 6.07) is 8.35. The van der Waals surface area contributed by atoms with Gasteiger partial charge in [-0.05, 0) is 22.6 Å². The maximum Gasteiger partial charge on any atom is 0.164 e. The molecule has 2 unspecified atom stereocenters. The van der Waals surface area contributed by atoms with Crippen molar-refractivity contribution in [1.29, 1.82) is 0 Å². The van der Waals surface area contributed by atoms with Gasteiger partial charge >= 0.3 is 0 Å². The first kappa shape index (κ1) is 9.83. The molecule has 0 saturated heterocycles. The summed E-state index contributed by atoms with van der Waals surface area (Å²) < 4.78 is 0. The molecule has 0 radical (unpaired) electrons. The first-order valence-corrected chi connectivity index (χ1v) is 5.85. The second-order valence-electron chi connectivity index (χ2n) is 5.84. The molecule has 3 rings (SSSR count). The summed E-state index contributed by atoms with van der Waals surface area (Å²) in [4.78, 5) is 12.0. The van der Waals surface area contributed by atoms with Crippen molar-refractivity contribution >= 4 is 5.78 Å². The van der Waals surface area contributed by atoms with E-state index in [9.17, 15) is 4.79 Å². The number of benzene rings is 1. The van der Waals surface area contributed by atoms with Crippen LogP contribution in [0.1, 0.15) is 43.7 Å². The molecule has 0 heterocycles. The predicted octanol–water partition coefficient (Wildman–Crippen LogP) is 3.42. The highest BCUT2D eigenvalue weighted by atomic mass is 16.1. The molecule has 16 heavy (non-hydrogen) atoms. The van der Waals surface area contributed by atoms with Crippen LogP contribution in [0.2, 0.25) is 0 Å². The summed E-state index contributed by atoms with van der Waals surface area (Å²) in [5.74, 6) is 0.794. The van der Waals surface area contributed by atoms with Crippen LogP contribution in [0.4, 0.5) is 0 Å². The molecular formula is C15H16O. The lowest BCUT2D eigenvalue weighted by Crippen LogP contribution is -2.28. The van der Waals surface area contributed by atoms with Crippen LogP contribution in [0, 0.1) is 5.41 Å². The number of carbonyl (C=O) groups excluding carboxylic acids is 1. The number of carbonyl (C=O) groups is 1. The lowest BCUT2D eigenvalue weighted by Gasteiger charge is -2.39. The molecule has 0 aromatic heterocycles. The second-order valence-corrected chi connectivity index (χ2v) is 5.84. The minimum absolute atomic E-state index is 0.0998. The first-order valence-electron chi connectivity index (χ1n) is 5.85. The summed E-state index contributed by atoms with van der Waals surface area (Å²) in [6.07, 6.45) is 1.88. The molecular weight excluding hydrogens is 196 g/mol. The van der Waals surface area contributed by atoms with Crippen molar-refractivity contribution in [3.63, 3.8) is 0 Å². The van der Waals surface area contributed by atoms with Gasteiger partial charge in [0.05, 0.1) is 5.92 Å². The lowest BCUT2D eigenvalue weighted by atomic mass is 9.63. The molecule has 0 amide bonds. The van der Waals surface area contributed by atoms with Gasteiger partial charge in [-0.25, -0.2) is 0 Å². The van der Waals surface area contributed by atoms with Gasteiger partial charge in [0.2, 0.25) is 0 Å². The van der Waals surface area contributed by atoms with Gasteiger partial charge in [-0.2, -0.15) is 0 Å². The van der Waals surface area contributed by atoms with Crippen LogP contribution in [0.15, 0.2) is 35.9 Å². The number of hydrogen-bond donors (Lipinski definition) is 0. The van der Waals surface area contributed by atoms with E-state index in [4.69, 9.17) is 0 Å². The molecule has 0 spiro atoms. The van der Waals surface area contributed by atoms with E-state index in [0.717, 1.165) is 0 Å². The zero-order valence-electron chi connectivity index (χ0n) is 9.95. The van der Waals surface area contributed by atoms with E-state index in [2.05, 4.69) is 39.0 Å².